The van der Waals surface area contributed by atoms with Gasteiger partial charge in [0.25, 0.3) is 5.91 Å². The van der Waals surface area contributed by atoms with Crippen molar-refractivity contribution in [2.45, 2.75) is 58.0 Å². The van der Waals surface area contributed by atoms with Crippen LogP contribution in [0.3, 0.4) is 0 Å². The first-order valence-corrected chi connectivity index (χ1v) is 12.4. The smallest absolute Gasteiger partial charge is 0.287 e. The Morgan fingerprint density at radius 2 is 1.81 bits per heavy atom. The van der Waals surface area contributed by atoms with E-state index in [-0.39, 0.29) is 24.3 Å². The molecule has 2 heterocycles. The summed E-state index contributed by atoms with van der Waals surface area (Å²) in [7, 11) is 0. The molecule has 1 saturated carbocycles. The van der Waals surface area contributed by atoms with Crippen molar-refractivity contribution in [3.05, 3.63) is 83.6 Å². The van der Waals surface area contributed by atoms with Crippen LogP contribution < -0.4 is 15.5 Å². The number of nitrogens with zero attached hydrogens (tertiary/aromatic N) is 2. The fourth-order valence-electron chi connectivity index (χ4n) is 4.72. The summed E-state index contributed by atoms with van der Waals surface area (Å²) in [6.45, 7) is 3.58. The zero-order valence-electron chi connectivity index (χ0n) is 20.7. The maximum Gasteiger partial charge on any atom is 0.287 e. The average molecular weight is 489 g/mol. The first-order valence-electron chi connectivity index (χ1n) is 12.4. The van der Waals surface area contributed by atoms with Crippen LogP contribution in [-0.4, -0.2) is 35.3 Å². The maximum absolute atomic E-state index is 13.8. The number of aromatic nitrogens is 1. The summed E-state index contributed by atoms with van der Waals surface area (Å²) in [4.78, 5) is 45.6. The molecule has 2 N–H and O–H groups in total. The second kappa shape index (κ2) is 11.7. The standard InChI is InChI=1S/C28H32N4O4/c1-19-10-11-23(20(2)17-19)32(25(33)18-30-27(34)24-9-6-16-36-24)26(21-12-14-29-15-13-21)28(35)31-22-7-4-3-5-8-22/h6,9-17,22,26H,3-5,7-8,18H2,1-2H3,(H,30,34)(H,31,35)/t26-/m1/s1. The van der Waals surface area contributed by atoms with Gasteiger partial charge in [0, 0.05) is 24.1 Å². The molecule has 1 aromatic carbocycles. The van der Waals surface area contributed by atoms with Gasteiger partial charge in [-0.15, -0.1) is 0 Å². The number of anilines is 1. The van der Waals surface area contributed by atoms with Crippen LogP contribution in [-0.2, 0) is 9.59 Å². The zero-order valence-corrected chi connectivity index (χ0v) is 20.7. The van der Waals surface area contributed by atoms with E-state index in [1.165, 1.54) is 23.7 Å². The SMILES string of the molecule is Cc1ccc(N(C(=O)CNC(=O)c2ccco2)[C@@H](C(=O)NC2CCCCC2)c2ccncc2)c(C)c1. The topological polar surface area (TPSA) is 105 Å². The van der Waals surface area contributed by atoms with Crippen molar-refractivity contribution in [1.29, 1.82) is 0 Å². The summed E-state index contributed by atoms with van der Waals surface area (Å²) in [6, 6.07) is 11.5. The van der Waals surface area contributed by atoms with Crippen molar-refractivity contribution in [1.82, 2.24) is 15.6 Å². The van der Waals surface area contributed by atoms with E-state index in [2.05, 4.69) is 15.6 Å². The van der Waals surface area contributed by atoms with Gasteiger partial charge in [-0.1, -0.05) is 37.0 Å². The molecule has 1 atom stereocenters. The minimum absolute atomic E-state index is 0.0744. The maximum atomic E-state index is 13.8. The molecule has 0 spiro atoms. The van der Waals surface area contributed by atoms with E-state index in [0.717, 1.165) is 36.8 Å². The molecule has 8 heteroatoms. The largest absolute Gasteiger partial charge is 0.459 e. The summed E-state index contributed by atoms with van der Waals surface area (Å²) in [5, 5.41) is 5.81. The summed E-state index contributed by atoms with van der Waals surface area (Å²) >= 11 is 0. The minimum atomic E-state index is -0.927. The van der Waals surface area contributed by atoms with Crippen molar-refractivity contribution >= 4 is 23.4 Å². The predicted octanol–water partition coefficient (Wildman–Crippen LogP) is 4.24. The van der Waals surface area contributed by atoms with Crippen molar-refractivity contribution in [2.24, 2.45) is 0 Å². The Morgan fingerprint density at radius 1 is 1.06 bits per heavy atom. The molecule has 0 saturated heterocycles. The number of hydrogen-bond donors (Lipinski definition) is 2. The zero-order chi connectivity index (χ0) is 25.5. The van der Waals surface area contributed by atoms with Crippen molar-refractivity contribution in [3.8, 4) is 0 Å². The molecule has 8 nitrogen and oxygen atoms in total. The average Bonchev–Trinajstić information content (AvgIpc) is 3.42. The highest BCUT2D eigenvalue weighted by molar-refractivity contribution is 6.04. The van der Waals surface area contributed by atoms with Gasteiger partial charge in [0.1, 0.15) is 6.04 Å². The third-order valence-corrected chi connectivity index (χ3v) is 6.51. The van der Waals surface area contributed by atoms with Crippen LogP contribution >= 0.6 is 0 Å². The van der Waals surface area contributed by atoms with E-state index >= 15 is 0 Å². The number of pyridine rings is 1. The lowest BCUT2D eigenvalue weighted by Gasteiger charge is -2.34. The van der Waals surface area contributed by atoms with Gasteiger partial charge in [0.2, 0.25) is 11.8 Å². The van der Waals surface area contributed by atoms with Crippen LogP contribution in [0.15, 0.2) is 65.5 Å². The van der Waals surface area contributed by atoms with E-state index in [1.54, 1.807) is 30.6 Å². The summed E-state index contributed by atoms with van der Waals surface area (Å²) in [5.41, 5.74) is 3.15. The fourth-order valence-corrected chi connectivity index (χ4v) is 4.72. The Labute approximate surface area is 211 Å². The van der Waals surface area contributed by atoms with Crippen LogP contribution in [0.1, 0.15) is 65.4 Å². The molecule has 2 aromatic heterocycles. The van der Waals surface area contributed by atoms with Gasteiger partial charge in [0.05, 0.1) is 12.8 Å². The lowest BCUT2D eigenvalue weighted by molar-refractivity contribution is -0.127. The third-order valence-electron chi connectivity index (χ3n) is 6.51. The number of benzene rings is 1. The second-order valence-corrected chi connectivity index (χ2v) is 9.24. The van der Waals surface area contributed by atoms with Gasteiger partial charge >= 0.3 is 0 Å². The first-order chi connectivity index (χ1) is 17.4. The van der Waals surface area contributed by atoms with E-state index in [1.807, 2.05) is 32.0 Å². The molecule has 1 aliphatic rings. The summed E-state index contributed by atoms with van der Waals surface area (Å²) < 4.78 is 5.14. The van der Waals surface area contributed by atoms with E-state index in [9.17, 15) is 14.4 Å². The quantitative estimate of drug-likeness (QED) is 0.493. The second-order valence-electron chi connectivity index (χ2n) is 9.24. The fraction of sp³-hybridized carbons (Fsp3) is 0.357. The Bertz CT molecular complexity index is 1190. The van der Waals surface area contributed by atoms with Crippen LogP contribution in [0.4, 0.5) is 5.69 Å². The highest BCUT2D eigenvalue weighted by Gasteiger charge is 2.35. The number of amides is 3. The van der Waals surface area contributed by atoms with Gasteiger partial charge in [-0.3, -0.25) is 24.3 Å². The molecule has 3 amide bonds. The lowest BCUT2D eigenvalue weighted by atomic mass is 9.94. The predicted molar refractivity (Wildman–Crippen MR) is 136 cm³/mol. The molecule has 0 aliphatic heterocycles. The molecular formula is C28H32N4O4. The number of nitrogens with one attached hydrogen (secondary N) is 2. The van der Waals surface area contributed by atoms with E-state index in [0.29, 0.717) is 11.3 Å². The highest BCUT2D eigenvalue weighted by atomic mass is 16.3. The highest BCUT2D eigenvalue weighted by Crippen LogP contribution is 2.31. The molecule has 4 rings (SSSR count). The number of carbonyl (C=O) groups excluding carboxylic acids is 3. The van der Waals surface area contributed by atoms with Gasteiger partial charge in [-0.05, 0) is 68.1 Å². The van der Waals surface area contributed by atoms with Gasteiger partial charge in [-0.2, -0.15) is 0 Å². The van der Waals surface area contributed by atoms with Gasteiger partial charge in [-0.25, -0.2) is 0 Å². The molecule has 188 valence electrons. The first kappa shape index (κ1) is 25.2. The van der Waals surface area contributed by atoms with Crippen LogP contribution in [0, 0.1) is 13.8 Å². The number of furan rings is 1. The van der Waals surface area contributed by atoms with Gasteiger partial charge < -0.3 is 15.1 Å². The Kier molecular flexibility index (Phi) is 8.15. The monoisotopic (exact) mass is 488 g/mol. The Balaban J connectivity index is 1.69. The Morgan fingerprint density at radius 3 is 2.47 bits per heavy atom. The van der Waals surface area contributed by atoms with Crippen molar-refractivity contribution < 1.29 is 18.8 Å². The molecular weight excluding hydrogens is 456 g/mol. The number of aryl methyl sites for hydroxylation is 2. The van der Waals surface area contributed by atoms with Gasteiger partial charge in [0.15, 0.2) is 5.76 Å². The molecule has 0 unspecified atom stereocenters. The third kappa shape index (κ3) is 6.00. The summed E-state index contributed by atoms with van der Waals surface area (Å²) in [5.74, 6) is -1.05. The van der Waals surface area contributed by atoms with E-state index < -0.39 is 17.9 Å². The van der Waals surface area contributed by atoms with Crippen molar-refractivity contribution in [2.75, 3.05) is 11.4 Å². The molecule has 1 aliphatic carbocycles. The number of hydrogen-bond acceptors (Lipinski definition) is 5. The van der Waals surface area contributed by atoms with E-state index in [4.69, 9.17) is 4.42 Å². The number of carbonyl (C=O) groups is 3. The molecule has 36 heavy (non-hydrogen) atoms. The van der Waals surface area contributed by atoms with Crippen LogP contribution in [0.2, 0.25) is 0 Å². The lowest BCUT2D eigenvalue weighted by Crippen LogP contribution is -2.50. The molecule has 3 aromatic rings. The Hall–Kier alpha value is -3.94. The van der Waals surface area contributed by atoms with Crippen LogP contribution in [0.5, 0.6) is 0 Å². The molecule has 0 radical (unpaired) electrons. The summed E-state index contributed by atoms with van der Waals surface area (Å²) in [6.07, 6.45) is 9.78. The molecule has 0 bridgehead atoms. The normalized spacial score (nSPS) is 14.6. The molecule has 1 fully saturated rings. The van der Waals surface area contributed by atoms with Crippen LogP contribution in [0.25, 0.3) is 0 Å². The van der Waals surface area contributed by atoms with Crippen molar-refractivity contribution in [3.63, 3.8) is 0 Å². The minimum Gasteiger partial charge on any atom is -0.459 e. The number of rotatable bonds is 8.